The highest BCUT2D eigenvalue weighted by Crippen LogP contribution is 2.30. The van der Waals surface area contributed by atoms with E-state index >= 15 is 0 Å². The Balaban J connectivity index is 2.55. The molecular formula is C13H18F3NO2. The minimum atomic E-state index is -4.41. The Kier molecular flexibility index (Phi) is 5.78. The van der Waals surface area contributed by atoms with Gasteiger partial charge in [-0.25, -0.2) is 0 Å². The molecule has 1 rings (SSSR count). The van der Waals surface area contributed by atoms with E-state index in [1.165, 1.54) is 12.1 Å². The summed E-state index contributed by atoms with van der Waals surface area (Å²) in [6.07, 6.45) is -5.33. The van der Waals surface area contributed by atoms with Gasteiger partial charge in [-0.3, -0.25) is 0 Å². The number of hydrogen-bond donors (Lipinski definition) is 3. The Hall–Kier alpha value is -1.11. The molecule has 0 bridgehead atoms. The molecule has 0 heterocycles. The van der Waals surface area contributed by atoms with E-state index in [1.807, 2.05) is 0 Å². The Morgan fingerprint density at radius 2 is 1.95 bits per heavy atom. The van der Waals surface area contributed by atoms with Crippen LogP contribution in [0.25, 0.3) is 0 Å². The third-order valence-corrected chi connectivity index (χ3v) is 2.68. The first-order chi connectivity index (χ1) is 8.80. The molecule has 0 saturated heterocycles. The third-order valence-electron chi connectivity index (χ3n) is 2.68. The Morgan fingerprint density at radius 1 is 1.26 bits per heavy atom. The van der Waals surface area contributed by atoms with Gasteiger partial charge in [-0.05, 0) is 37.6 Å². The van der Waals surface area contributed by atoms with Crippen LogP contribution in [-0.2, 0) is 6.18 Å². The summed E-state index contributed by atoms with van der Waals surface area (Å²) in [6.45, 7) is 2.28. The van der Waals surface area contributed by atoms with E-state index in [0.717, 1.165) is 12.1 Å². The van der Waals surface area contributed by atoms with E-state index in [-0.39, 0.29) is 12.1 Å². The summed E-state index contributed by atoms with van der Waals surface area (Å²) in [5.41, 5.74) is -0.549. The van der Waals surface area contributed by atoms with Crippen LogP contribution in [0.4, 0.5) is 13.2 Å². The standard InChI is InChI=1S/C13H18F3NO2/c1-9(18)5-6-17-8-12(19)10-3-2-4-11(7-10)13(14,15)16/h2-4,7,9,12,17-19H,5-6,8H2,1H3. The molecule has 2 atom stereocenters. The van der Waals surface area contributed by atoms with Gasteiger partial charge in [-0.1, -0.05) is 12.1 Å². The minimum absolute atomic E-state index is 0.147. The molecule has 0 radical (unpaired) electrons. The van der Waals surface area contributed by atoms with Gasteiger partial charge in [-0.15, -0.1) is 0 Å². The van der Waals surface area contributed by atoms with Crippen LogP contribution < -0.4 is 5.32 Å². The molecule has 2 unspecified atom stereocenters. The zero-order valence-corrected chi connectivity index (χ0v) is 10.6. The molecule has 19 heavy (non-hydrogen) atoms. The number of alkyl halides is 3. The van der Waals surface area contributed by atoms with Crippen LogP contribution in [0.3, 0.4) is 0 Å². The zero-order valence-electron chi connectivity index (χ0n) is 10.6. The fourth-order valence-electron chi connectivity index (χ4n) is 1.59. The number of halogens is 3. The summed E-state index contributed by atoms with van der Waals surface area (Å²) in [5, 5.41) is 21.7. The molecule has 3 N–H and O–H groups in total. The lowest BCUT2D eigenvalue weighted by Gasteiger charge is -2.14. The first-order valence-corrected chi connectivity index (χ1v) is 6.04. The average Bonchev–Trinajstić information content (AvgIpc) is 2.33. The van der Waals surface area contributed by atoms with Gasteiger partial charge in [0.2, 0.25) is 0 Å². The highest BCUT2D eigenvalue weighted by molar-refractivity contribution is 5.27. The second-order valence-electron chi connectivity index (χ2n) is 4.48. The fourth-order valence-corrected chi connectivity index (χ4v) is 1.59. The van der Waals surface area contributed by atoms with Crippen LogP contribution in [0.1, 0.15) is 30.6 Å². The predicted molar refractivity (Wildman–Crippen MR) is 65.6 cm³/mol. The van der Waals surface area contributed by atoms with Crippen molar-refractivity contribution in [3.63, 3.8) is 0 Å². The maximum atomic E-state index is 12.5. The van der Waals surface area contributed by atoms with Gasteiger partial charge in [0.15, 0.2) is 0 Å². The summed E-state index contributed by atoms with van der Waals surface area (Å²) < 4.78 is 37.5. The largest absolute Gasteiger partial charge is 0.416 e. The van der Waals surface area contributed by atoms with E-state index in [1.54, 1.807) is 6.92 Å². The predicted octanol–water partition coefficient (Wildman–Crippen LogP) is 2.10. The van der Waals surface area contributed by atoms with E-state index in [2.05, 4.69) is 5.32 Å². The van der Waals surface area contributed by atoms with Crippen LogP contribution in [-0.4, -0.2) is 29.4 Å². The molecule has 1 aromatic carbocycles. The smallest absolute Gasteiger partial charge is 0.393 e. The summed E-state index contributed by atoms with van der Waals surface area (Å²) in [4.78, 5) is 0. The number of aliphatic hydroxyl groups excluding tert-OH is 2. The molecule has 0 aliphatic heterocycles. The Bertz CT molecular complexity index is 394. The van der Waals surface area contributed by atoms with Crippen LogP contribution in [0.2, 0.25) is 0 Å². The summed E-state index contributed by atoms with van der Waals surface area (Å²) in [6, 6.07) is 4.64. The molecular weight excluding hydrogens is 259 g/mol. The van der Waals surface area contributed by atoms with Gasteiger partial charge >= 0.3 is 6.18 Å². The lowest BCUT2D eigenvalue weighted by Crippen LogP contribution is -2.24. The van der Waals surface area contributed by atoms with Crippen LogP contribution in [0, 0.1) is 0 Å². The van der Waals surface area contributed by atoms with E-state index in [4.69, 9.17) is 5.11 Å². The number of benzene rings is 1. The average molecular weight is 277 g/mol. The van der Waals surface area contributed by atoms with Gasteiger partial charge in [0.25, 0.3) is 0 Å². The maximum Gasteiger partial charge on any atom is 0.416 e. The topological polar surface area (TPSA) is 52.5 Å². The van der Waals surface area contributed by atoms with Crippen molar-refractivity contribution in [3.8, 4) is 0 Å². The maximum absolute atomic E-state index is 12.5. The fraction of sp³-hybridized carbons (Fsp3) is 0.538. The van der Waals surface area contributed by atoms with E-state index in [9.17, 15) is 18.3 Å². The summed E-state index contributed by atoms with van der Waals surface area (Å²) >= 11 is 0. The monoisotopic (exact) mass is 277 g/mol. The molecule has 0 spiro atoms. The van der Waals surface area contributed by atoms with Crippen LogP contribution >= 0.6 is 0 Å². The van der Waals surface area contributed by atoms with Crippen molar-refractivity contribution in [1.82, 2.24) is 5.32 Å². The van der Waals surface area contributed by atoms with Crippen molar-refractivity contribution in [2.75, 3.05) is 13.1 Å². The summed E-state index contributed by atoms with van der Waals surface area (Å²) in [7, 11) is 0. The first kappa shape index (κ1) is 15.9. The minimum Gasteiger partial charge on any atom is -0.393 e. The first-order valence-electron chi connectivity index (χ1n) is 6.04. The molecule has 0 saturated carbocycles. The van der Waals surface area contributed by atoms with Crippen LogP contribution in [0.15, 0.2) is 24.3 Å². The van der Waals surface area contributed by atoms with Gasteiger partial charge in [0, 0.05) is 6.54 Å². The molecule has 1 aromatic rings. The van der Waals surface area contributed by atoms with Gasteiger partial charge in [0.05, 0.1) is 17.8 Å². The molecule has 0 aliphatic rings. The lowest BCUT2D eigenvalue weighted by atomic mass is 10.1. The Labute approximate surface area is 110 Å². The number of nitrogens with one attached hydrogen (secondary N) is 1. The Morgan fingerprint density at radius 3 is 2.53 bits per heavy atom. The zero-order chi connectivity index (χ0) is 14.5. The second-order valence-corrected chi connectivity index (χ2v) is 4.48. The molecule has 0 aromatic heterocycles. The lowest BCUT2D eigenvalue weighted by molar-refractivity contribution is -0.137. The van der Waals surface area contributed by atoms with Crippen molar-refractivity contribution >= 4 is 0 Å². The van der Waals surface area contributed by atoms with Crippen molar-refractivity contribution in [1.29, 1.82) is 0 Å². The molecule has 108 valence electrons. The summed E-state index contributed by atoms with van der Waals surface area (Å²) in [5.74, 6) is 0. The number of hydrogen-bond acceptors (Lipinski definition) is 3. The second kappa shape index (κ2) is 6.88. The van der Waals surface area contributed by atoms with Crippen molar-refractivity contribution < 1.29 is 23.4 Å². The highest BCUT2D eigenvalue weighted by atomic mass is 19.4. The van der Waals surface area contributed by atoms with Crippen LogP contribution in [0.5, 0.6) is 0 Å². The molecule has 0 amide bonds. The molecule has 0 aliphatic carbocycles. The van der Waals surface area contributed by atoms with E-state index < -0.39 is 23.9 Å². The third kappa shape index (κ3) is 5.59. The van der Waals surface area contributed by atoms with Gasteiger partial charge in [-0.2, -0.15) is 13.2 Å². The van der Waals surface area contributed by atoms with Crippen molar-refractivity contribution in [2.45, 2.75) is 31.7 Å². The SMILES string of the molecule is CC(O)CCNCC(O)c1cccc(C(F)(F)F)c1. The highest BCUT2D eigenvalue weighted by Gasteiger charge is 2.30. The number of rotatable bonds is 6. The van der Waals surface area contributed by atoms with E-state index in [0.29, 0.717) is 13.0 Å². The molecule has 6 heteroatoms. The van der Waals surface area contributed by atoms with Gasteiger partial charge < -0.3 is 15.5 Å². The normalized spacial score (nSPS) is 15.3. The van der Waals surface area contributed by atoms with Gasteiger partial charge in [0.1, 0.15) is 0 Å². The quantitative estimate of drug-likeness (QED) is 0.698. The molecule has 3 nitrogen and oxygen atoms in total. The van der Waals surface area contributed by atoms with Crippen molar-refractivity contribution in [2.24, 2.45) is 0 Å². The number of aliphatic hydroxyl groups is 2. The van der Waals surface area contributed by atoms with Crippen molar-refractivity contribution in [3.05, 3.63) is 35.4 Å². The molecule has 0 fully saturated rings.